The van der Waals surface area contributed by atoms with Crippen molar-refractivity contribution < 1.29 is 19.1 Å². The second-order valence-corrected chi connectivity index (χ2v) is 4.08. The summed E-state index contributed by atoms with van der Waals surface area (Å²) in [6, 6.07) is 0. The maximum Gasteiger partial charge on any atom is 0.304 e. The van der Waals surface area contributed by atoms with Crippen molar-refractivity contribution in [3.63, 3.8) is 0 Å². The van der Waals surface area contributed by atoms with Crippen LogP contribution in [0.3, 0.4) is 0 Å². The minimum Gasteiger partial charge on any atom is -0.495 e. The smallest absolute Gasteiger partial charge is 0.304 e. The van der Waals surface area contributed by atoms with Crippen LogP contribution in [0.2, 0.25) is 0 Å². The topological polar surface area (TPSA) is 52.6 Å². The van der Waals surface area contributed by atoms with E-state index in [1.807, 2.05) is 13.8 Å². The lowest BCUT2D eigenvalue weighted by atomic mass is 9.73. The molecule has 1 aliphatic rings. The van der Waals surface area contributed by atoms with Gasteiger partial charge in [0, 0.05) is 12.5 Å². The fourth-order valence-electron chi connectivity index (χ4n) is 1.92. The molecule has 0 bridgehead atoms. The van der Waals surface area contributed by atoms with Gasteiger partial charge in [0.25, 0.3) is 5.60 Å². The molecule has 1 aliphatic carbocycles. The number of ether oxygens (including phenoxy) is 2. The normalized spacial score (nSPS) is 22.8. The van der Waals surface area contributed by atoms with Crippen molar-refractivity contribution in [3.05, 3.63) is 11.3 Å². The van der Waals surface area contributed by atoms with Gasteiger partial charge in [-0.15, -0.1) is 5.92 Å². The lowest BCUT2D eigenvalue weighted by Crippen LogP contribution is -2.54. The van der Waals surface area contributed by atoms with Crippen molar-refractivity contribution in [1.82, 2.24) is 0 Å². The summed E-state index contributed by atoms with van der Waals surface area (Å²) in [5.41, 5.74) is -0.980. The highest BCUT2D eigenvalue weighted by molar-refractivity contribution is 6.15. The number of ketones is 1. The number of hydrogen-bond donors (Lipinski definition) is 0. The monoisotopic (exact) mass is 236 g/mol. The van der Waals surface area contributed by atoms with E-state index in [9.17, 15) is 9.59 Å². The Hall–Kier alpha value is -1.76. The molecular formula is C13H16O4. The van der Waals surface area contributed by atoms with E-state index in [0.717, 1.165) is 0 Å². The molecule has 0 saturated heterocycles. The van der Waals surface area contributed by atoms with Crippen LogP contribution >= 0.6 is 0 Å². The molecule has 0 saturated carbocycles. The van der Waals surface area contributed by atoms with Gasteiger partial charge in [-0.2, -0.15) is 0 Å². The van der Waals surface area contributed by atoms with Crippen molar-refractivity contribution in [1.29, 1.82) is 0 Å². The van der Waals surface area contributed by atoms with E-state index in [-0.39, 0.29) is 11.7 Å². The quantitative estimate of drug-likeness (QED) is 0.549. The molecule has 0 heterocycles. The molecule has 0 aromatic rings. The van der Waals surface area contributed by atoms with Crippen molar-refractivity contribution in [2.45, 2.75) is 33.3 Å². The highest BCUT2D eigenvalue weighted by atomic mass is 16.6. The molecule has 0 aromatic carbocycles. The molecule has 1 atom stereocenters. The number of carbonyl (C=O) groups is 2. The maximum atomic E-state index is 12.1. The number of Topliss-reactive ketones (excluding diaryl/α,β-unsaturated/α-hetero) is 1. The predicted octanol–water partition coefficient (Wildman–Crippen LogP) is 1.45. The van der Waals surface area contributed by atoms with Crippen molar-refractivity contribution in [3.8, 4) is 11.8 Å². The third-order valence-electron chi connectivity index (χ3n) is 2.51. The fourth-order valence-corrected chi connectivity index (χ4v) is 1.92. The van der Waals surface area contributed by atoms with E-state index >= 15 is 0 Å². The number of esters is 1. The van der Waals surface area contributed by atoms with Crippen LogP contribution in [0.15, 0.2) is 11.3 Å². The number of rotatable bonds is 3. The molecule has 92 valence electrons. The summed E-state index contributed by atoms with van der Waals surface area (Å²) in [6.45, 7) is 6.58. The number of hydrogen-bond acceptors (Lipinski definition) is 4. The zero-order valence-corrected chi connectivity index (χ0v) is 10.7. The van der Waals surface area contributed by atoms with Gasteiger partial charge in [0.15, 0.2) is 5.76 Å². The lowest BCUT2D eigenvalue weighted by Gasteiger charge is -2.39. The first kappa shape index (κ1) is 13.3. The van der Waals surface area contributed by atoms with Gasteiger partial charge < -0.3 is 9.47 Å². The van der Waals surface area contributed by atoms with Gasteiger partial charge in [-0.3, -0.25) is 9.59 Å². The average molecular weight is 236 g/mol. The van der Waals surface area contributed by atoms with Gasteiger partial charge in [0.05, 0.1) is 7.11 Å². The zero-order valence-electron chi connectivity index (χ0n) is 10.7. The lowest BCUT2D eigenvalue weighted by molar-refractivity contribution is -0.161. The first-order chi connectivity index (χ1) is 7.90. The van der Waals surface area contributed by atoms with E-state index in [2.05, 4.69) is 11.8 Å². The molecule has 0 fully saturated rings. The van der Waals surface area contributed by atoms with Crippen LogP contribution in [-0.2, 0) is 19.1 Å². The second-order valence-electron chi connectivity index (χ2n) is 4.08. The van der Waals surface area contributed by atoms with Gasteiger partial charge >= 0.3 is 5.97 Å². The largest absolute Gasteiger partial charge is 0.495 e. The van der Waals surface area contributed by atoms with Crippen LogP contribution in [0.5, 0.6) is 0 Å². The van der Waals surface area contributed by atoms with Crippen LogP contribution < -0.4 is 0 Å². The molecule has 4 nitrogen and oxygen atoms in total. The summed E-state index contributed by atoms with van der Waals surface area (Å²) >= 11 is 0. The first-order valence-corrected chi connectivity index (χ1v) is 5.37. The van der Waals surface area contributed by atoms with Gasteiger partial charge in [-0.05, 0) is 18.8 Å². The Morgan fingerprint density at radius 1 is 1.41 bits per heavy atom. The summed E-state index contributed by atoms with van der Waals surface area (Å²) in [5, 5.41) is 0. The molecule has 4 heteroatoms. The number of methoxy groups -OCH3 is 1. The summed E-state index contributed by atoms with van der Waals surface area (Å²) in [6.07, 6.45) is 0. The molecule has 17 heavy (non-hydrogen) atoms. The standard InChI is InChI=1S/C13H16O4/c1-6-7-13(17-9(4)14)11(15)10(8(2)3)12(13)16-5/h8H,1-5H3. The molecule has 0 spiro atoms. The highest BCUT2D eigenvalue weighted by Crippen LogP contribution is 2.42. The maximum absolute atomic E-state index is 12.1. The third-order valence-corrected chi connectivity index (χ3v) is 2.51. The molecule has 0 radical (unpaired) electrons. The molecule has 1 rings (SSSR count). The Labute approximate surface area is 101 Å². The van der Waals surface area contributed by atoms with E-state index < -0.39 is 11.6 Å². The van der Waals surface area contributed by atoms with Crippen LogP contribution in [-0.4, -0.2) is 24.5 Å². The van der Waals surface area contributed by atoms with Gasteiger partial charge in [0.1, 0.15) is 0 Å². The van der Waals surface area contributed by atoms with Gasteiger partial charge in [-0.1, -0.05) is 13.8 Å². The SMILES string of the molecule is CC#CC1(OC(C)=O)C(=O)C(C(C)C)=C1OC. The Morgan fingerprint density at radius 2 is 2.00 bits per heavy atom. The summed E-state index contributed by atoms with van der Waals surface area (Å²) in [4.78, 5) is 23.2. The molecule has 0 aliphatic heterocycles. The van der Waals surface area contributed by atoms with E-state index in [0.29, 0.717) is 11.3 Å². The summed E-state index contributed by atoms with van der Waals surface area (Å²) < 4.78 is 10.2. The highest BCUT2D eigenvalue weighted by Gasteiger charge is 2.58. The van der Waals surface area contributed by atoms with Gasteiger partial charge in [-0.25, -0.2) is 0 Å². The minimum atomic E-state index is -1.52. The summed E-state index contributed by atoms with van der Waals surface area (Å²) in [7, 11) is 1.44. The van der Waals surface area contributed by atoms with E-state index in [1.54, 1.807) is 6.92 Å². The first-order valence-electron chi connectivity index (χ1n) is 5.37. The molecule has 0 aromatic heterocycles. The predicted molar refractivity (Wildman–Crippen MR) is 61.8 cm³/mol. The van der Waals surface area contributed by atoms with Crippen LogP contribution in [0, 0.1) is 17.8 Å². The Bertz CT molecular complexity index is 448. The Balaban J connectivity index is 3.30. The van der Waals surface area contributed by atoms with E-state index in [1.165, 1.54) is 14.0 Å². The van der Waals surface area contributed by atoms with Crippen molar-refractivity contribution in [2.75, 3.05) is 7.11 Å². The molecular weight excluding hydrogens is 220 g/mol. The molecule has 0 N–H and O–H groups in total. The third kappa shape index (κ3) is 1.93. The average Bonchev–Trinajstić information content (AvgIpc) is 2.22. The van der Waals surface area contributed by atoms with Crippen LogP contribution in [0.1, 0.15) is 27.7 Å². The Morgan fingerprint density at radius 3 is 2.35 bits per heavy atom. The van der Waals surface area contributed by atoms with Crippen molar-refractivity contribution >= 4 is 11.8 Å². The van der Waals surface area contributed by atoms with Gasteiger partial charge in [0.2, 0.25) is 5.78 Å². The fraction of sp³-hybridized carbons (Fsp3) is 0.538. The second kappa shape index (κ2) is 4.62. The summed E-state index contributed by atoms with van der Waals surface area (Å²) in [5.74, 6) is 4.77. The van der Waals surface area contributed by atoms with Crippen LogP contribution in [0.25, 0.3) is 0 Å². The van der Waals surface area contributed by atoms with Crippen LogP contribution in [0.4, 0.5) is 0 Å². The zero-order chi connectivity index (χ0) is 13.2. The number of carbonyl (C=O) groups excluding carboxylic acids is 2. The minimum absolute atomic E-state index is 0.0137. The Kier molecular flexibility index (Phi) is 3.62. The molecule has 1 unspecified atom stereocenters. The van der Waals surface area contributed by atoms with Crippen molar-refractivity contribution in [2.24, 2.45) is 5.92 Å². The van der Waals surface area contributed by atoms with E-state index in [4.69, 9.17) is 9.47 Å². The molecule has 0 amide bonds.